The summed E-state index contributed by atoms with van der Waals surface area (Å²) in [6, 6.07) is 0. The minimum atomic E-state index is -3.89. The molecule has 11 heteroatoms. The van der Waals surface area contributed by atoms with Gasteiger partial charge >= 0.3 is 7.82 Å². The van der Waals surface area contributed by atoms with Crippen LogP contribution >= 0.6 is 90.4 Å². The predicted molar refractivity (Wildman–Crippen MR) is 95.0 cm³/mol. The Balaban J connectivity index is 4.97. The molecule has 0 bridgehead atoms. The van der Waals surface area contributed by atoms with E-state index in [1.807, 2.05) is 0 Å². The molecule has 0 aromatic carbocycles. The van der Waals surface area contributed by atoms with Gasteiger partial charge in [-0.3, -0.25) is 13.6 Å². The van der Waals surface area contributed by atoms with E-state index >= 15 is 0 Å². The van der Waals surface area contributed by atoms with Gasteiger partial charge in [-0.1, -0.05) is 47.8 Å². The molecule has 20 heavy (non-hydrogen) atoms. The van der Waals surface area contributed by atoms with Crippen LogP contribution in [0.5, 0.6) is 0 Å². The minimum absolute atomic E-state index is 0.555. The standard InChI is InChI=1S/C9H15Br3Cl3O4P/c1-4(7(10)13)17-20(16,18-5(2)8(11)14)19-6(3)9(12)15/h4-9H,1-3H3. The zero-order chi connectivity index (χ0) is 16.1. The first-order chi connectivity index (χ1) is 8.98. The maximum Gasteiger partial charge on any atom is 0.475 e. The van der Waals surface area contributed by atoms with E-state index in [0.29, 0.717) is 0 Å². The first-order valence-corrected chi connectivity index (χ1v) is 11.0. The highest BCUT2D eigenvalue weighted by atomic mass is 79.9. The van der Waals surface area contributed by atoms with E-state index in [1.54, 1.807) is 20.8 Å². The molecule has 4 nitrogen and oxygen atoms in total. The lowest BCUT2D eigenvalue weighted by Gasteiger charge is -2.28. The van der Waals surface area contributed by atoms with Gasteiger partial charge < -0.3 is 0 Å². The van der Waals surface area contributed by atoms with Gasteiger partial charge in [0, 0.05) is 0 Å². The van der Waals surface area contributed by atoms with Crippen LogP contribution < -0.4 is 0 Å². The molecule has 0 spiro atoms. The third kappa shape index (κ3) is 8.90. The molecule has 0 heterocycles. The molecule has 0 aliphatic rings. The average molecular weight is 564 g/mol. The first kappa shape index (κ1) is 22.4. The van der Waals surface area contributed by atoms with Gasteiger partial charge in [0.25, 0.3) is 0 Å². The van der Waals surface area contributed by atoms with Crippen LogP contribution in [-0.4, -0.2) is 31.2 Å². The zero-order valence-corrected chi connectivity index (χ0v) is 18.7. The summed E-state index contributed by atoms with van der Waals surface area (Å²) in [5.41, 5.74) is 0. The number of halogens is 6. The Morgan fingerprint density at radius 2 is 0.950 bits per heavy atom. The molecular weight excluding hydrogens is 549 g/mol. The number of hydrogen-bond acceptors (Lipinski definition) is 4. The molecule has 0 fully saturated rings. The molecule has 0 saturated heterocycles. The lowest BCUT2D eigenvalue weighted by molar-refractivity contribution is 0.0542. The van der Waals surface area contributed by atoms with Crippen molar-refractivity contribution in [2.24, 2.45) is 0 Å². The Morgan fingerprint density at radius 3 is 1.10 bits per heavy atom. The van der Waals surface area contributed by atoms with Crippen LogP contribution in [-0.2, 0) is 18.1 Å². The lowest BCUT2D eigenvalue weighted by atomic mass is 10.5. The lowest BCUT2D eigenvalue weighted by Crippen LogP contribution is -2.24. The Morgan fingerprint density at radius 1 is 0.750 bits per heavy atom. The smallest absolute Gasteiger partial charge is 0.281 e. The second-order valence-corrected chi connectivity index (χ2v) is 11.4. The van der Waals surface area contributed by atoms with Crippen molar-refractivity contribution in [2.75, 3.05) is 0 Å². The minimum Gasteiger partial charge on any atom is -0.281 e. The molecule has 6 atom stereocenters. The van der Waals surface area contributed by atoms with Crippen LogP contribution in [0.3, 0.4) is 0 Å². The average Bonchev–Trinajstić information content (AvgIpc) is 2.27. The van der Waals surface area contributed by atoms with Crippen molar-refractivity contribution in [2.45, 2.75) is 51.9 Å². The summed E-state index contributed by atoms with van der Waals surface area (Å²) >= 11 is 26.8. The van der Waals surface area contributed by atoms with Gasteiger partial charge in [0.1, 0.15) is 12.9 Å². The molecule has 0 radical (unpaired) electrons. The van der Waals surface area contributed by atoms with E-state index in [9.17, 15) is 4.57 Å². The Bertz CT molecular complexity index is 288. The maximum absolute atomic E-state index is 12.7. The van der Waals surface area contributed by atoms with E-state index in [-0.39, 0.29) is 0 Å². The summed E-state index contributed by atoms with van der Waals surface area (Å²) in [7, 11) is -3.89. The highest BCUT2D eigenvalue weighted by Crippen LogP contribution is 2.55. The van der Waals surface area contributed by atoms with Crippen molar-refractivity contribution in [1.29, 1.82) is 0 Å². The van der Waals surface area contributed by atoms with Gasteiger partial charge in [0.2, 0.25) is 0 Å². The van der Waals surface area contributed by atoms with Gasteiger partial charge in [-0.05, 0) is 20.8 Å². The van der Waals surface area contributed by atoms with Crippen LogP contribution in [0.2, 0.25) is 0 Å². The molecule has 0 amide bonds. The van der Waals surface area contributed by atoms with E-state index < -0.39 is 39.0 Å². The summed E-state index contributed by atoms with van der Waals surface area (Å²) in [6.07, 6.45) is -1.85. The quantitative estimate of drug-likeness (QED) is 0.248. The van der Waals surface area contributed by atoms with Gasteiger partial charge in [0.05, 0.1) is 18.3 Å². The Labute approximate surface area is 159 Å². The van der Waals surface area contributed by atoms with Crippen molar-refractivity contribution >= 4 is 90.4 Å². The molecular formula is C9H15Br3Cl3O4P. The summed E-state index contributed by atoms with van der Waals surface area (Å²) in [4.78, 5) is 0. The fourth-order valence-electron chi connectivity index (χ4n) is 0.823. The van der Waals surface area contributed by atoms with Crippen molar-refractivity contribution in [3.63, 3.8) is 0 Å². The fourth-order valence-corrected chi connectivity index (χ4v) is 3.75. The third-order valence-electron chi connectivity index (χ3n) is 1.95. The van der Waals surface area contributed by atoms with Crippen LogP contribution in [0.25, 0.3) is 0 Å². The number of alkyl halides is 6. The zero-order valence-electron chi connectivity index (χ0n) is 10.8. The second kappa shape index (κ2) is 10.3. The summed E-state index contributed by atoms with van der Waals surface area (Å²) in [6.45, 7) is 4.87. The molecule has 122 valence electrons. The molecule has 0 saturated carbocycles. The monoisotopic (exact) mass is 560 g/mol. The Kier molecular flexibility index (Phi) is 11.6. The largest absolute Gasteiger partial charge is 0.475 e. The highest BCUT2D eigenvalue weighted by Gasteiger charge is 2.37. The van der Waals surface area contributed by atoms with Crippen molar-refractivity contribution in [3.8, 4) is 0 Å². The molecule has 0 aliphatic carbocycles. The molecule has 0 N–H and O–H groups in total. The summed E-state index contributed by atoms with van der Waals surface area (Å²) in [5.74, 6) is 0. The normalized spacial score (nSPS) is 24.2. The van der Waals surface area contributed by atoms with Crippen molar-refractivity contribution in [1.82, 2.24) is 0 Å². The fraction of sp³-hybridized carbons (Fsp3) is 1.00. The number of hydrogen-bond donors (Lipinski definition) is 0. The predicted octanol–water partition coefficient (Wildman–Crippen LogP) is 6.19. The van der Waals surface area contributed by atoms with Crippen molar-refractivity contribution in [3.05, 3.63) is 0 Å². The third-order valence-corrected chi connectivity index (χ3v) is 7.02. The second-order valence-electron chi connectivity index (χ2n) is 3.88. The number of phosphoric acid groups is 1. The van der Waals surface area contributed by atoms with E-state index in [2.05, 4.69) is 47.8 Å². The molecule has 0 aliphatic heterocycles. The SMILES string of the molecule is CC(OP(=O)(OC(C)C(Cl)Br)OC(C)C(Cl)Br)C(Cl)Br. The van der Waals surface area contributed by atoms with Crippen LogP contribution in [0.4, 0.5) is 0 Å². The van der Waals surface area contributed by atoms with Crippen LogP contribution in [0, 0.1) is 0 Å². The molecule has 0 aromatic rings. The topological polar surface area (TPSA) is 44.8 Å². The van der Waals surface area contributed by atoms with Gasteiger partial charge in [-0.2, -0.15) is 0 Å². The van der Waals surface area contributed by atoms with Gasteiger partial charge in [-0.15, -0.1) is 34.8 Å². The van der Waals surface area contributed by atoms with E-state index in [4.69, 9.17) is 48.4 Å². The van der Waals surface area contributed by atoms with Gasteiger partial charge in [0.15, 0.2) is 0 Å². The van der Waals surface area contributed by atoms with Crippen molar-refractivity contribution < 1.29 is 18.1 Å². The van der Waals surface area contributed by atoms with Crippen LogP contribution in [0.1, 0.15) is 20.8 Å². The first-order valence-electron chi connectivity index (χ1n) is 5.48. The summed E-state index contributed by atoms with van der Waals surface area (Å²) in [5, 5.41) is 0. The van der Waals surface area contributed by atoms with Crippen LogP contribution in [0.15, 0.2) is 0 Å². The molecule has 0 aromatic heterocycles. The highest BCUT2D eigenvalue weighted by molar-refractivity contribution is 9.10. The number of phosphoric ester groups is 1. The van der Waals surface area contributed by atoms with Gasteiger partial charge in [-0.25, -0.2) is 4.57 Å². The maximum atomic E-state index is 12.7. The van der Waals surface area contributed by atoms with E-state index in [0.717, 1.165) is 0 Å². The number of rotatable bonds is 9. The molecule has 6 unspecified atom stereocenters. The molecule has 0 rings (SSSR count). The summed E-state index contributed by atoms with van der Waals surface area (Å²) < 4.78 is 26.9. The Hall–Kier alpha value is 2.42. The van der Waals surface area contributed by atoms with E-state index in [1.165, 1.54) is 0 Å².